The van der Waals surface area contributed by atoms with E-state index in [4.69, 9.17) is 4.74 Å². The summed E-state index contributed by atoms with van der Waals surface area (Å²) < 4.78 is 47.6. The summed E-state index contributed by atoms with van der Waals surface area (Å²) in [5.74, 6) is -0.916. The normalized spacial score (nSPS) is 17.9. The molecule has 0 unspecified atom stereocenters. The minimum absolute atomic E-state index is 0.140. The van der Waals surface area contributed by atoms with E-state index in [9.17, 15) is 17.6 Å². The molecule has 0 atom stereocenters. The molecular formula is C23H28FN3O4S. The van der Waals surface area contributed by atoms with E-state index in [1.807, 2.05) is 4.90 Å². The number of carbonyl (C=O) groups excluding carboxylic acids is 1. The highest BCUT2D eigenvalue weighted by Crippen LogP contribution is 2.26. The average Bonchev–Trinajstić information content (AvgIpc) is 2.80. The number of amides is 1. The Bertz CT molecular complexity index is 1090. The molecule has 0 bridgehead atoms. The number of rotatable bonds is 5. The fourth-order valence-electron chi connectivity index (χ4n) is 4.11. The Balaban J connectivity index is 1.52. The zero-order valence-electron chi connectivity index (χ0n) is 18.1. The van der Waals surface area contributed by atoms with Crippen LogP contribution in [0.5, 0.6) is 0 Å². The third-order valence-corrected chi connectivity index (χ3v) is 7.98. The lowest BCUT2D eigenvalue weighted by atomic mass is 10.1. The number of ether oxygens (including phenoxy) is 1. The zero-order valence-corrected chi connectivity index (χ0v) is 19.0. The molecule has 0 saturated carbocycles. The summed E-state index contributed by atoms with van der Waals surface area (Å²) in [6.45, 7) is 5.03. The van der Waals surface area contributed by atoms with Gasteiger partial charge in [-0.2, -0.15) is 4.31 Å². The second-order valence-electron chi connectivity index (χ2n) is 8.16. The summed E-state index contributed by atoms with van der Waals surface area (Å²) in [7, 11) is -3.67. The largest absolute Gasteiger partial charge is 0.378 e. The quantitative estimate of drug-likeness (QED) is 0.738. The number of hydrogen-bond acceptors (Lipinski definition) is 5. The van der Waals surface area contributed by atoms with Gasteiger partial charge in [0, 0.05) is 37.4 Å². The average molecular weight is 462 g/mol. The van der Waals surface area contributed by atoms with Crippen LogP contribution in [0, 0.1) is 12.7 Å². The van der Waals surface area contributed by atoms with E-state index in [0.717, 1.165) is 19.3 Å². The standard InChI is InChI=1S/C23H28FN3O4S/c1-17-5-6-18(15-22(17)32(29,30)27-9-3-2-4-10-27)23(28)25-19-7-8-21(20(24)16-19)26-11-13-31-14-12-26/h5-8,15-16H,2-4,9-14H2,1H3,(H,25,28). The number of aryl methyl sites for hydroxylation is 1. The Morgan fingerprint density at radius 3 is 2.41 bits per heavy atom. The van der Waals surface area contributed by atoms with E-state index >= 15 is 0 Å². The molecule has 0 aliphatic carbocycles. The van der Waals surface area contributed by atoms with E-state index in [2.05, 4.69) is 5.32 Å². The van der Waals surface area contributed by atoms with Gasteiger partial charge in [-0.15, -0.1) is 0 Å². The minimum Gasteiger partial charge on any atom is -0.378 e. The van der Waals surface area contributed by atoms with Gasteiger partial charge in [-0.3, -0.25) is 4.79 Å². The van der Waals surface area contributed by atoms with Crippen molar-refractivity contribution in [3.8, 4) is 0 Å². The van der Waals surface area contributed by atoms with Gasteiger partial charge >= 0.3 is 0 Å². The molecule has 32 heavy (non-hydrogen) atoms. The minimum atomic E-state index is -3.67. The van der Waals surface area contributed by atoms with E-state index in [1.54, 1.807) is 31.2 Å². The van der Waals surface area contributed by atoms with Gasteiger partial charge in [0.15, 0.2) is 0 Å². The Labute approximate surface area is 188 Å². The predicted molar refractivity (Wildman–Crippen MR) is 121 cm³/mol. The number of nitrogens with one attached hydrogen (secondary N) is 1. The highest BCUT2D eigenvalue weighted by atomic mass is 32.2. The third kappa shape index (κ3) is 4.79. The van der Waals surface area contributed by atoms with Crippen molar-refractivity contribution >= 4 is 27.3 Å². The fourth-order valence-corrected chi connectivity index (χ4v) is 5.88. The summed E-state index contributed by atoms with van der Waals surface area (Å²) in [5.41, 5.74) is 1.58. The molecule has 2 aliphatic rings. The van der Waals surface area contributed by atoms with Crippen LogP contribution in [0.4, 0.5) is 15.8 Å². The first-order valence-corrected chi connectivity index (χ1v) is 12.3. The van der Waals surface area contributed by atoms with Crippen LogP contribution in [-0.4, -0.2) is 58.0 Å². The van der Waals surface area contributed by atoms with Gasteiger partial charge in [-0.1, -0.05) is 12.5 Å². The number of carbonyl (C=O) groups is 1. The van der Waals surface area contributed by atoms with E-state index < -0.39 is 21.7 Å². The topological polar surface area (TPSA) is 79.0 Å². The smallest absolute Gasteiger partial charge is 0.255 e. The zero-order chi connectivity index (χ0) is 22.7. The number of hydrogen-bond donors (Lipinski definition) is 1. The van der Waals surface area contributed by atoms with Crippen LogP contribution in [0.15, 0.2) is 41.3 Å². The molecule has 2 saturated heterocycles. The Kier molecular flexibility index (Phi) is 6.78. The molecule has 0 spiro atoms. The molecule has 2 aromatic rings. The molecule has 7 nitrogen and oxygen atoms in total. The lowest BCUT2D eigenvalue weighted by Gasteiger charge is -2.29. The molecule has 172 valence electrons. The molecule has 0 radical (unpaired) electrons. The SMILES string of the molecule is Cc1ccc(C(=O)Nc2ccc(N3CCOCC3)c(F)c2)cc1S(=O)(=O)N1CCCCC1. The second-order valence-corrected chi connectivity index (χ2v) is 10.1. The number of piperidine rings is 1. The van der Waals surface area contributed by atoms with Crippen LogP contribution in [0.25, 0.3) is 0 Å². The van der Waals surface area contributed by atoms with Crippen LogP contribution in [0.2, 0.25) is 0 Å². The molecule has 1 N–H and O–H groups in total. The molecule has 2 heterocycles. The van der Waals surface area contributed by atoms with Crippen molar-refractivity contribution in [1.82, 2.24) is 4.31 Å². The molecule has 0 aromatic heterocycles. The van der Waals surface area contributed by atoms with Crippen molar-refractivity contribution in [3.63, 3.8) is 0 Å². The van der Waals surface area contributed by atoms with Gasteiger partial charge in [0.25, 0.3) is 5.91 Å². The number of nitrogens with zero attached hydrogens (tertiary/aromatic N) is 2. The fraction of sp³-hybridized carbons (Fsp3) is 0.435. The van der Waals surface area contributed by atoms with E-state index in [0.29, 0.717) is 56.3 Å². The van der Waals surface area contributed by atoms with E-state index in [-0.39, 0.29) is 10.5 Å². The molecular weight excluding hydrogens is 433 g/mol. The van der Waals surface area contributed by atoms with Crippen molar-refractivity contribution < 1.29 is 22.3 Å². The number of halogens is 1. The van der Waals surface area contributed by atoms with Crippen molar-refractivity contribution in [2.24, 2.45) is 0 Å². The third-order valence-electron chi connectivity index (χ3n) is 5.94. The van der Waals surface area contributed by atoms with Crippen molar-refractivity contribution in [3.05, 3.63) is 53.3 Å². The van der Waals surface area contributed by atoms with Crippen LogP contribution in [0.1, 0.15) is 35.2 Å². The summed E-state index contributed by atoms with van der Waals surface area (Å²) >= 11 is 0. The van der Waals surface area contributed by atoms with E-state index in [1.165, 1.54) is 16.4 Å². The maximum atomic E-state index is 14.6. The monoisotopic (exact) mass is 461 g/mol. The number of morpholine rings is 1. The maximum absolute atomic E-state index is 14.6. The first-order chi connectivity index (χ1) is 15.4. The van der Waals surface area contributed by atoms with Gasteiger partial charge in [-0.05, 0) is 55.7 Å². The molecule has 2 aromatic carbocycles. The Morgan fingerprint density at radius 1 is 1.00 bits per heavy atom. The van der Waals surface area contributed by atoms with Crippen molar-refractivity contribution in [1.29, 1.82) is 0 Å². The maximum Gasteiger partial charge on any atom is 0.255 e. The Morgan fingerprint density at radius 2 is 1.72 bits per heavy atom. The van der Waals surface area contributed by atoms with Crippen LogP contribution in [0.3, 0.4) is 0 Å². The van der Waals surface area contributed by atoms with Gasteiger partial charge < -0.3 is 15.0 Å². The lowest BCUT2D eigenvalue weighted by Crippen LogP contribution is -2.36. The Hall–Kier alpha value is -2.49. The first kappa shape index (κ1) is 22.7. The molecule has 2 fully saturated rings. The highest BCUT2D eigenvalue weighted by molar-refractivity contribution is 7.89. The highest BCUT2D eigenvalue weighted by Gasteiger charge is 2.28. The first-order valence-electron chi connectivity index (χ1n) is 10.9. The second kappa shape index (κ2) is 9.56. The summed E-state index contributed by atoms with van der Waals surface area (Å²) in [4.78, 5) is 14.9. The van der Waals surface area contributed by atoms with Crippen molar-refractivity contribution in [2.45, 2.75) is 31.1 Å². The molecule has 4 rings (SSSR count). The van der Waals surface area contributed by atoms with Crippen LogP contribution < -0.4 is 10.2 Å². The summed E-state index contributed by atoms with van der Waals surface area (Å²) in [6, 6.07) is 9.19. The van der Waals surface area contributed by atoms with Crippen molar-refractivity contribution in [2.75, 3.05) is 49.6 Å². The van der Waals surface area contributed by atoms with Crippen LogP contribution in [-0.2, 0) is 14.8 Å². The van der Waals surface area contributed by atoms with Gasteiger partial charge in [0.05, 0.1) is 23.8 Å². The molecule has 2 aliphatic heterocycles. The van der Waals surface area contributed by atoms with Gasteiger partial charge in [0.2, 0.25) is 10.0 Å². The molecule has 1 amide bonds. The number of anilines is 2. The lowest BCUT2D eigenvalue weighted by molar-refractivity contribution is 0.102. The number of benzene rings is 2. The van der Waals surface area contributed by atoms with Gasteiger partial charge in [-0.25, -0.2) is 12.8 Å². The number of sulfonamides is 1. The summed E-state index contributed by atoms with van der Waals surface area (Å²) in [5, 5.41) is 2.68. The molecule has 9 heteroatoms. The predicted octanol–water partition coefficient (Wildman–Crippen LogP) is 3.40. The summed E-state index contributed by atoms with van der Waals surface area (Å²) in [6.07, 6.45) is 2.70. The van der Waals surface area contributed by atoms with Gasteiger partial charge in [0.1, 0.15) is 5.82 Å². The van der Waals surface area contributed by atoms with Crippen LogP contribution >= 0.6 is 0 Å².